The van der Waals surface area contributed by atoms with E-state index < -0.39 is 0 Å². The third-order valence-electron chi connectivity index (χ3n) is 4.21. The molecule has 0 fully saturated rings. The average Bonchev–Trinajstić information content (AvgIpc) is 2.80. The quantitative estimate of drug-likeness (QED) is 0.738. The van der Waals surface area contributed by atoms with Gasteiger partial charge in [-0.15, -0.1) is 11.6 Å². The molecule has 0 amide bonds. The van der Waals surface area contributed by atoms with E-state index in [1.807, 2.05) is 18.2 Å². The molecule has 5 nitrogen and oxygen atoms in total. The predicted molar refractivity (Wildman–Crippen MR) is 88.3 cm³/mol. The Morgan fingerprint density at radius 2 is 2.18 bits per heavy atom. The van der Waals surface area contributed by atoms with Crippen LogP contribution in [0.1, 0.15) is 18.3 Å². The highest BCUT2D eigenvalue weighted by molar-refractivity contribution is 6.17. The van der Waals surface area contributed by atoms with Gasteiger partial charge in [0.25, 0.3) is 0 Å². The van der Waals surface area contributed by atoms with Crippen LogP contribution in [0.5, 0.6) is 0 Å². The van der Waals surface area contributed by atoms with Gasteiger partial charge in [-0.25, -0.2) is 9.97 Å². The Morgan fingerprint density at radius 3 is 3.05 bits per heavy atom. The number of nitrogens with two attached hydrogens (primary N) is 1. The lowest BCUT2D eigenvalue weighted by molar-refractivity contribution is 0.118. The van der Waals surface area contributed by atoms with E-state index in [-0.39, 0.29) is 6.04 Å². The first-order valence-electron chi connectivity index (χ1n) is 7.48. The van der Waals surface area contributed by atoms with Gasteiger partial charge >= 0.3 is 0 Å². The van der Waals surface area contributed by atoms with Crippen molar-refractivity contribution in [3.05, 3.63) is 30.1 Å². The predicted octanol–water partition coefficient (Wildman–Crippen LogP) is 2.91. The van der Waals surface area contributed by atoms with Gasteiger partial charge in [-0.1, -0.05) is 18.2 Å². The van der Waals surface area contributed by atoms with Gasteiger partial charge in [-0.2, -0.15) is 0 Å². The fourth-order valence-electron chi connectivity index (χ4n) is 3.23. The molecule has 114 valence electrons. The number of hydrogen-bond donors (Lipinski definition) is 1. The number of para-hydroxylation sites is 1. The Labute approximate surface area is 133 Å². The number of aromatic nitrogens is 3. The lowest BCUT2D eigenvalue weighted by atomic mass is 10.1. The molecule has 2 aromatic heterocycles. The van der Waals surface area contributed by atoms with E-state index in [1.165, 1.54) is 0 Å². The summed E-state index contributed by atoms with van der Waals surface area (Å²) < 4.78 is 7.99. The van der Waals surface area contributed by atoms with Crippen LogP contribution >= 0.6 is 11.6 Å². The van der Waals surface area contributed by atoms with Crippen LogP contribution in [0.25, 0.3) is 21.9 Å². The first-order chi connectivity index (χ1) is 10.8. The van der Waals surface area contributed by atoms with Crippen molar-refractivity contribution in [2.75, 3.05) is 24.8 Å². The summed E-state index contributed by atoms with van der Waals surface area (Å²) in [6.07, 6.45) is 1.62. The molecule has 4 rings (SSSR count). The molecule has 1 aliphatic heterocycles. The highest BCUT2D eigenvalue weighted by Gasteiger charge is 2.24. The van der Waals surface area contributed by atoms with Crippen molar-refractivity contribution in [2.45, 2.75) is 18.9 Å². The van der Waals surface area contributed by atoms with Crippen molar-refractivity contribution < 1.29 is 4.74 Å². The smallest absolute Gasteiger partial charge is 0.152 e. The van der Waals surface area contributed by atoms with Crippen LogP contribution in [0.3, 0.4) is 0 Å². The molecule has 22 heavy (non-hydrogen) atoms. The first-order valence-corrected chi connectivity index (χ1v) is 8.02. The minimum Gasteiger partial charge on any atom is -0.382 e. The van der Waals surface area contributed by atoms with Gasteiger partial charge in [-0.05, 0) is 12.5 Å². The molecular formula is C16H17ClN4O. The molecule has 6 heteroatoms. The zero-order valence-electron chi connectivity index (χ0n) is 12.1. The summed E-state index contributed by atoms with van der Waals surface area (Å²) >= 11 is 6.00. The van der Waals surface area contributed by atoms with Crippen molar-refractivity contribution in [1.29, 1.82) is 0 Å². The minimum absolute atomic E-state index is 0.185. The number of pyridine rings is 1. The molecule has 1 aliphatic rings. The summed E-state index contributed by atoms with van der Waals surface area (Å²) in [7, 11) is 0. The van der Waals surface area contributed by atoms with Crippen LogP contribution in [0, 0.1) is 0 Å². The van der Waals surface area contributed by atoms with Crippen molar-refractivity contribution in [3.63, 3.8) is 0 Å². The second-order valence-corrected chi connectivity index (χ2v) is 5.94. The van der Waals surface area contributed by atoms with Crippen molar-refractivity contribution in [1.82, 2.24) is 14.5 Å². The largest absolute Gasteiger partial charge is 0.382 e. The van der Waals surface area contributed by atoms with Crippen molar-refractivity contribution >= 4 is 39.4 Å². The van der Waals surface area contributed by atoms with E-state index in [1.54, 1.807) is 0 Å². The van der Waals surface area contributed by atoms with Gasteiger partial charge in [0.15, 0.2) is 5.82 Å². The minimum atomic E-state index is 0.185. The van der Waals surface area contributed by atoms with Crippen LogP contribution in [-0.2, 0) is 11.2 Å². The van der Waals surface area contributed by atoms with Crippen LogP contribution in [0.15, 0.2) is 24.3 Å². The van der Waals surface area contributed by atoms with E-state index in [2.05, 4.69) is 15.6 Å². The molecule has 3 heterocycles. The highest BCUT2D eigenvalue weighted by Crippen LogP contribution is 2.33. The van der Waals surface area contributed by atoms with E-state index in [9.17, 15) is 0 Å². The van der Waals surface area contributed by atoms with Gasteiger partial charge in [0.1, 0.15) is 11.3 Å². The number of hydrogen-bond acceptors (Lipinski definition) is 4. The fraction of sp³-hybridized carbons (Fsp3) is 0.375. The molecule has 0 bridgehead atoms. The standard InChI is InChI=1S/C16H17ClN4O/c17-7-5-10-9-22-8-6-13-20-14-15(21(10)13)11-3-1-2-4-12(11)19-16(14)18/h1-4,10H,5-9H2,(H2,18,19). The molecule has 0 saturated carbocycles. The molecule has 0 saturated heterocycles. The van der Waals surface area contributed by atoms with Crippen LogP contribution in [0.2, 0.25) is 0 Å². The number of nitrogens with zero attached hydrogens (tertiary/aromatic N) is 3. The summed E-state index contributed by atoms with van der Waals surface area (Å²) in [5.41, 5.74) is 8.88. The zero-order chi connectivity index (χ0) is 15.1. The monoisotopic (exact) mass is 316 g/mol. The maximum Gasteiger partial charge on any atom is 0.152 e. The number of rotatable bonds is 2. The number of nitrogen functional groups attached to an aromatic ring is 1. The van der Waals surface area contributed by atoms with Gasteiger partial charge < -0.3 is 15.0 Å². The maximum atomic E-state index is 6.15. The normalized spacial score (nSPS) is 18.5. The number of fused-ring (bicyclic) bond motifs is 5. The number of ether oxygens (including phenoxy) is 1. The summed E-state index contributed by atoms with van der Waals surface area (Å²) in [4.78, 5) is 9.23. The van der Waals surface area contributed by atoms with Crippen LogP contribution in [-0.4, -0.2) is 33.6 Å². The maximum absolute atomic E-state index is 6.15. The number of anilines is 1. The molecule has 0 radical (unpaired) electrons. The third-order valence-corrected chi connectivity index (χ3v) is 4.43. The Morgan fingerprint density at radius 1 is 1.32 bits per heavy atom. The molecule has 1 unspecified atom stereocenters. The molecule has 1 atom stereocenters. The number of halogens is 1. The molecule has 0 aliphatic carbocycles. The topological polar surface area (TPSA) is 66.0 Å². The number of alkyl halides is 1. The van der Waals surface area contributed by atoms with Crippen LogP contribution < -0.4 is 5.73 Å². The van der Waals surface area contributed by atoms with Crippen molar-refractivity contribution in [3.8, 4) is 0 Å². The number of imidazole rings is 1. The van der Waals surface area contributed by atoms with Gasteiger partial charge in [0.05, 0.1) is 30.3 Å². The molecule has 2 N–H and O–H groups in total. The molecule has 0 spiro atoms. The van der Waals surface area contributed by atoms with Gasteiger partial charge in [0, 0.05) is 17.7 Å². The fourth-order valence-corrected chi connectivity index (χ4v) is 3.49. The Balaban J connectivity index is 2.10. The average molecular weight is 317 g/mol. The number of benzene rings is 1. The second kappa shape index (κ2) is 5.41. The Hall–Kier alpha value is -1.85. The van der Waals surface area contributed by atoms with E-state index in [4.69, 9.17) is 27.1 Å². The van der Waals surface area contributed by atoms with Crippen LogP contribution in [0.4, 0.5) is 5.82 Å². The summed E-state index contributed by atoms with van der Waals surface area (Å²) in [6, 6.07) is 8.23. The zero-order valence-corrected chi connectivity index (χ0v) is 12.9. The highest BCUT2D eigenvalue weighted by atomic mass is 35.5. The lowest BCUT2D eigenvalue weighted by Crippen LogP contribution is -2.15. The lowest BCUT2D eigenvalue weighted by Gasteiger charge is -2.18. The van der Waals surface area contributed by atoms with E-state index in [0.29, 0.717) is 24.9 Å². The summed E-state index contributed by atoms with van der Waals surface area (Å²) in [5, 5.41) is 1.08. The molecular weight excluding hydrogens is 300 g/mol. The van der Waals surface area contributed by atoms with E-state index >= 15 is 0 Å². The molecule has 1 aromatic carbocycles. The van der Waals surface area contributed by atoms with Gasteiger partial charge in [0.2, 0.25) is 0 Å². The van der Waals surface area contributed by atoms with Gasteiger partial charge in [-0.3, -0.25) is 0 Å². The Kier molecular flexibility index (Phi) is 3.39. The van der Waals surface area contributed by atoms with E-state index in [0.717, 1.165) is 40.6 Å². The second-order valence-electron chi connectivity index (χ2n) is 5.57. The first kappa shape index (κ1) is 13.8. The molecule has 3 aromatic rings. The third kappa shape index (κ3) is 2.04. The van der Waals surface area contributed by atoms with Crippen molar-refractivity contribution in [2.24, 2.45) is 0 Å². The SMILES string of the molecule is Nc1nc2ccccc2c2c1nc1n2C(CCCl)COCC1. The summed E-state index contributed by atoms with van der Waals surface area (Å²) in [6.45, 7) is 1.33. The summed E-state index contributed by atoms with van der Waals surface area (Å²) in [5.74, 6) is 2.08. The Bertz CT molecular complexity index is 845.